The van der Waals surface area contributed by atoms with E-state index < -0.39 is 0 Å². The number of carbonyl (C=O) groups is 1. The zero-order valence-corrected chi connectivity index (χ0v) is 22.0. The minimum absolute atomic E-state index is 0.129. The molecule has 1 amide bonds. The Kier molecular flexibility index (Phi) is 7.71. The van der Waals surface area contributed by atoms with Crippen molar-refractivity contribution in [3.05, 3.63) is 69.2 Å². The van der Waals surface area contributed by atoms with Gasteiger partial charge in [-0.15, -0.1) is 0 Å². The van der Waals surface area contributed by atoms with Crippen LogP contribution in [0.1, 0.15) is 36.0 Å². The first-order valence-electron chi connectivity index (χ1n) is 12.7. The lowest BCUT2D eigenvalue weighted by Crippen LogP contribution is -2.62. The molecule has 3 aliphatic rings. The SMILES string of the molecule is Cc1cccc(CN2CC(CCN3CC(N4CCOCC4)C3)(c3ccc(Cl)c(Cl)c3)CCC2=O)c1. The number of rotatable bonds is 7. The Morgan fingerprint density at radius 1 is 1.06 bits per heavy atom. The average molecular weight is 517 g/mol. The molecule has 3 heterocycles. The van der Waals surface area contributed by atoms with Crippen molar-refractivity contribution in [3.8, 4) is 0 Å². The lowest BCUT2D eigenvalue weighted by molar-refractivity contribution is -0.136. The average Bonchev–Trinajstić information content (AvgIpc) is 2.82. The summed E-state index contributed by atoms with van der Waals surface area (Å²) in [4.78, 5) is 20.2. The molecule has 3 saturated heterocycles. The van der Waals surface area contributed by atoms with Crippen LogP contribution in [-0.2, 0) is 21.5 Å². The number of amides is 1. The second-order valence-electron chi connectivity index (χ2n) is 10.5. The highest BCUT2D eigenvalue weighted by Crippen LogP contribution is 2.41. The third-order valence-electron chi connectivity index (χ3n) is 8.06. The predicted octanol–water partition coefficient (Wildman–Crippen LogP) is 4.77. The molecule has 3 aliphatic heterocycles. The summed E-state index contributed by atoms with van der Waals surface area (Å²) in [6, 6.07) is 15.1. The molecule has 0 aromatic heterocycles. The van der Waals surface area contributed by atoms with Crippen LogP contribution in [0.25, 0.3) is 0 Å². The Morgan fingerprint density at radius 2 is 1.86 bits per heavy atom. The summed E-state index contributed by atoms with van der Waals surface area (Å²) in [7, 11) is 0. The molecule has 0 bridgehead atoms. The first-order chi connectivity index (χ1) is 16.9. The van der Waals surface area contributed by atoms with Gasteiger partial charge in [0.15, 0.2) is 0 Å². The molecule has 0 spiro atoms. The van der Waals surface area contributed by atoms with E-state index in [1.165, 1.54) is 16.7 Å². The second kappa shape index (κ2) is 10.8. The smallest absolute Gasteiger partial charge is 0.222 e. The summed E-state index contributed by atoms with van der Waals surface area (Å²) < 4.78 is 5.51. The molecular weight excluding hydrogens is 481 g/mol. The molecule has 7 heteroatoms. The third kappa shape index (κ3) is 5.70. The maximum absolute atomic E-state index is 13.0. The van der Waals surface area contributed by atoms with Crippen LogP contribution in [0.2, 0.25) is 10.0 Å². The molecule has 0 radical (unpaired) electrons. The Labute approximate surface area is 218 Å². The number of hydrogen-bond acceptors (Lipinski definition) is 4. The summed E-state index contributed by atoms with van der Waals surface area (Å²) in [5, 5.41) is 1.16. The number of aryl methyl sites for hydroxylation is 1. The lowest BCUT2D eigenvalue weighted by Gasteiger charge is -2.49. The van der Waals surface area contributed by atoms with Gasteiger partial charge in [0.05, 0.1) is 23.3 Å². The van der Waals surface area contributed by atoms with Gasteiger partial charge in [-0.05, 0) is 49.6 Å². The molecule has 2 aromatic rings. The summed E-state index contributed by atoms with van der Waals surface area (Å²) in [5.41, 5.74) is 3.46. The van der Waals surface area contributed by atoms with Crippen LogP contribution in [0.5, 0.6) is 0 Å². The van der Waals surface area contributed by atoms with Gasteiger partial charge in [0, 0.05) is 57.1 Å². The summed E-state index contributed by atoms with van der Waals surface area (Å²) in [6.45, 7) is 10.5. The molecule has 5 nitrogen and oxygen atoms in total. The molecule has 0 saturated carbocycles. The maximum atomic E-state index is 13.0. The van der Waals surface area contributed by atoms with E-state index >= 15 is 0 Å². The number of hydrogen-bond donors (Lipinski definition) is 0. The molecule has 35 heavy (non-hydrogen) atoms. The van der Waals surface area contributed by atoms with E-state index in [1.54, 1.807) is 0 Å². The van der Waals surface area contributed by atoms with E-state index in [9.17, 15) is 4.79 Å². The van der Waals surface area contributed by atoms with E-state index in [2.05, 4.69) is 47.1 Å². The summed E-state index contributed by atoms with van der Waals surface area (Å²) >= 11 is 12.7. The number of halogens is 2. The summed E-state index contributed by atoms with van der Waals surface area (Å²) in [6.07, 6.45) is 2.40. The number of carbonyl (C=O) groups excluding carboxylic acids is 1. The fourth-order valence-electron chi connectivity index (χ4n) is 5.89. The minimum Gasteiger partial charge on any atom is -0.379 e. The molecule has 1 unspecified atom stereocenters. The Balaban J connectivity index is 1.31. The normalized spacial score (nSPS) is 24.5. The Hall–Kier alpha value is -1.63. The number of ether oxygens (including phenoxy) is 1. The van der Waals surface area contributed by atoms with Crippen molar-refractivity contribution >= 4 is 29.1 Å². The van der Waals surface area contributed by atoms with Gasteiger partial charge in [0.25, 0.3) is 0 Å². The van der Waals surface area contributed by atoms with E-state index in [4.69, 9.17) is 27.9 Å². The van der Waals surface area contributed by atoms with Gasteiger partial charge in [-0.25, -0.2) is 0 Å². The van der Waals surface area contributed by atoms with Crippen molar-refractivity contribution < 1.29 is 9.53 Å². The fourth-order valence-corrected chi connectivity index (χ4v) is 6.19. The molecule has 5 rings (SSSR count). The van der Waals surface area contributed by atoms with Crippen molar-refractivity contribution in [1.29, 1.82) is 0 Å². The van der Waals surface area contributed by atoms with Crippen molar-refractivity contribution in [2.45, 2.75) is 44.2 Å². The van der Waals surface area contributed by atoms with E-state index in [0.717, 1.165) is 58.8 Å². The molecule has 1 atom stereocenters. The van der Waals surface area contributed by atoms with E-state index in [-0.39, 0.29) is 11.3 Å². The highest BCUT2D eigenvalue weighted by atomic mass is 35.5. The molecule has 3 fully saturated rings. The molecule has 188 valence electrons. The first-order valence-corrected chi connectivity index (χ1v) is 13.5. The van der Waals surface area contributed by atoms with Gasteiger partial charge in [-0.1, -0.05) is 59.1 Å². The number of morpholine rings is 1. The molecule has 0 aliphatic carbocycles. The van der Waals surface area contributed by atoms with Gasteiger partial charge in [-0.3, -0.25) is 9.69 Å². The van der Waals surface area contributed by atoms with Crippen molar-refractivity contribution in [2.24, 2.45) is 0 Å². The largest absolute Gasteiger partial charge is 0.379 e. The Morgan fingerprint density at radius 3 is 2.60 bits per heavy atom. The van der Waals surface area contributed by atoms with Crippen LogP contribution in [0.15, 0.2) is 42.5 Å². The first kappa shape index (κ1) is 25.0. The monoisotopic (exact) mass is 515 g/mol. The zero-order valence-electron chi connectivity index (χ0n) is 20.5. The van der Waals surface area contributed by atoms with E-state index in [0.29, 0.717) is 35.6 Å². The quantitative estimate of drug-likeness (QED) is 0.532. The van der Waals surface area contributed by atoms with Crippen LogP contribution in [-0.4, -0.2) is 79.1 Å². The highest BCUT2D eigenvalue weighted by molar-refractivity contribution is 6.42. The highest BCUT2D eigenvalue weighted by Gasteiger charge is 2.42. The van der Waals surface area contributed by atoms with Gasteiger partial charge >= 0.3 is 0 Å². The number of benzene rings is 2. The van der Waals surface area contributed by atoms with E-state index in [1.807, 2.05) is 17.0 Å². The maximum Gasteiger partial charge on any atom is 0.222 e. The fraction of sp³-hybridized carbons (Fsp3) is 0.536. The zero-order chi connectivity index (χ0) is 24.4. The van der Waals surface area contributed by atoms with Crippen molar-refractivity contribution in [1.82, 2.24) is 14.7 Å². The number of nitrogens with zero attached hydrogens (tertiary/aromatic N) is 3. The van der Waals surface area contributed by atoms with Crippen LogP contribution in [0.3, 0.4) is 0 Å². The molecule has 2 aromatic carbocycles. The van der Waals surface area contributed by atoms with Gasteiger partial charge in [0.2, 0.25) is 5.91 Å². The summed E-state index contributed by atoms with van der Waals surface area (Å²) in [5.74, 6) is 0.235. The van der Waals surface area contributed by atoms with Crippen LogP contribution >= 0.6 is 23.2 Å². The van der Waals surface area contributed by atoms with Gasteiger partial charge < -0.3 is 14.5 Å². The predicted molar refractivity (Wildman–Crippen MR) is 141 cm³/mol. The second-order valence-corrected chi connectivity index (χ2v) is 11.3. The van der Waals surface area contributed by atoms with Crippen LogP contribution in [0.4, 0.5) is 0 Å². The Bertz CT molecular complexity index is 1050. The van der Waals surface area contributed by atoms with Crippen LogP contribution < -0.4 is 0 Å². The number of piperidine rings is 1. The third-order valence-corrected chi connectivity index (χ3v) is 8.80. The van der Waals surface area contributed by atoms with Gasteiger partial charge in [-0.2, -0.15) is 0 Å². The topological polar surface area (TPSA) is 36.0 Å². The van der Waals surface area contributed by atoms with Crippen molar-refractivity contribution in [3.63, 3.8) is 0 Å². The lowest BCUT2D eigenvalue weighted by atomic mass is 9.71. The van der Waals surface area contributed by atoms with Crippen molar-refractivity contribution in [2.75, 3.05) is 52.5 Å². The molecular formula is C28H35Cl2N3O2. The van der Waals surface area contributed by atoms with Gasteiger partial charge in [0.1, 0.15) is 0 Å². The molecule has 0 N–H and O–H groups in total. The number of likely N-dealkylation sites (tertiary alicyclic amines) is 2. The minimum atomic E-state index is -0.129. The standard InChI is InChI=1S/C28H35Cl2N3O2/c1-21-3-2-4-22(15-21)17-33-20-28(8-7-27(33)34,23-5-6-25(29)26(30)16-23)9-10-31-18-24(19-31)32-11-13-35-14-12-32/h2-6,15-16,24H,7-14,17-20H2,1H3. The van der Waals surface area contributed by atoms with Crippen LogP contribution in [0, 0.1) is 6.92 Å².